The number of rotatable bonds is 4. The molecule has 108 valence electrons. The van der Waals surface area contributed by atoms with E-state index < -0.39 is 33.2 Å². The largest absolute Gasteiger partial charge is 0.392 e. The molecule has 0 atom stereocenters. The average Bonchev–Trinajstić information content (AvgIpc) is 2.85. The Morgan fingerprint density at radius 3 is 2.25 bits per heavy atom. The van der Waals surface area contributed by atoms with Crippen LogP contribution in [0.5, 0.6) is 0 Å². The van der Waals surface area contributed by atoms with Crippen LogP contribution in [0, 0.1) is 17.5 Å². The second kappa shape index (κ2) is 5.43. The molecule has 0 saturated carbocycles. The van der Waals surface area contributed by atoms with Crippen molar-refractivity contribution in [2.75, 3.05) is 4.72 Å². The lowest BCUT2D eigenvalue weighted by Crippen LogP contribution is -2.12. The van der Waals surface area contributed by atoms with Crippen molar-refractivity contribution in [3.05, 3.63) is 46.6 Å². The Hall–Kier alpha value is -1.58. The molecule has 0 bridgehead atoms. The van der Waals surface area contributed by atoms with Crippen molar-refractivity contribution >= 4 is 27.0 Å². The Labute approximate surface area is 116 Å². The summed E-state index contributed by atoms with van der Waals surface area (Å²) in [6.07, 6.45) is 0. The van der Waals surface area contributed by atoms with E-state index in [2.05, 4.69) is 0 Å². The summed E-state index contributed by atoms with van der Waals surface area (Å²) in [5.41, 5.74) is -0.0350. The summed E-state index contributed by atoms with van der Waals surface area (Å²) in [5, 5.41) is 10.3. The summed E-state index contributed by atoms with van der Waals surface area (Å²) in [7, 11) is -4.05. The van der Waals surface area contributed by atoms with Gasteiger partial charge in [-0.1, -0.05) is 0 Å². The molecule has 0 unspecified atom stereocenters. The van der Waals surface area contributed by atoms with Crippen molar-refractivity contribution in [3.8, 4) is 0 Å². The molecule has 0 aliphatic rings. The molecule has 0 aliphatic heterocycles. The summed E-state index contributed by atoms with van der Waals surface area (Å²) in [5.74, 6) is -4.67. The van der Waals surface area contributed by atoms with Gasteiger partial charge in [-0.25, -0.2) is 21.6 Å². The minimum atomic E-state index is -4.05. The number of anilines is 1. The Balaban J connectivity index is 2.33. The van der Waals surface area contributed by atoms with Gasteiger partial charge in [0.2, 0.25) is 0 Å². The molecule has 0 spiro atoms. The van der Waals surface area contributed by atoms with Gasteiger partial charge in [-0.15, -0.1) is 11.3 Å². The maximum atomic E-state index is 13.0. The fraction of sp³-hybridized carbons (Fsp3) is 0.0909. The van der Waals surface area contributed by atoms with E-state index in [-0.39, 0.29) is 10.8 Å². The van der Waals surface area contributed by atoms with E-state index in [1.54, 1.807) is 0 Å². The molecule has 0 radical (unpaired) electrons. The summed E-state index contributed by atoms with van der Waals surface area (Å²) in [6, 6.07) is 2.30. The predicted molar refractivity (Wildman–Crippen MR) is 67.4 cm³/mol. The maximum Gasteiger partial charge on any atom is 0.271 e. The van der Waals surface area contributed by atoms with Crippen LogP contribution in [-0.2, 0) is 16.6 Å². The highest BCUT2D eigenvalue weighted by atomic mass is 32.2. The third-order valence-corrected chi connectivity index (χ3v) is 5.18. The van der Waals surface area contributed by atoms with Gasteiger partial charge in [-0.3, -0.25) is 4.72 Å². The van der Waals surface area contributed by atoms with Crippen molar-refractivity contribution < 1.29 is 26.7 Å². The monoisotopic (exact) mass is 323 g/mol. The van der Waals surface area contributed by atoms with Gasteiger partial charge in [-0.2, -0.15) is 0 Å². The molecule has 2 N–H and O–H groups in total. The van der Waals surface area contributed by atoms with Gasteiger partial charge in [0.05, 0.1) is 12.3 Å². The van der Waals surface area contributed by atoms with E-state index >= 15 is 0 Å². The molecule has 0 amide bonds. The van der Waals surface area contributed by atoms with Crippen LogP contribution in [-0.4, -0.2) is 13.5 Å². The first kappa shape index (κ1) is 14.8. The topological polar surface area (TPSA) is 66.4 Å². The van der Waals surface area contributed by atoms with Crippen LogP contribution in [0.25, 0.3) is 0 Å². The van der Waals surface area contributed by atoms with E-state index in [4.69, 9.17) is 5.11 Å². The number of halogens is 3. The molecule has 20 heavy (non-hydrogen) atoms. The first-order valence-electron chi connectivity index (χ1n) is 5.19. The van der Waals surface area contributed by atoms with Crippen molar-refractivity contribution in [3.63, 3.8) is 0 Å². The molecule has 2 rings (SSSR count). The average molecular weight is 323 g/mol. The van der Waals surface area contributed by atoms with Gasteiger partial charge >= 0.3 is 0 Å². The number of benzene rings is 1. The van der Waals surface area contributed by atoms with Crippen LogP contribution < -0.4 is 4.72 Å². The van der Waals surface area contributed by atoms with E-state index in [9.17, 15) is 21.6 Å². The Morgan fingerprint density at radius 2 is 1.75 bits per heavy atom. The molecule has 1 aromatic heterocycles. The van der Waals surface area contributed by atoms with Gasteiger partial charge in [-0.05, 0) is 17.0 Å². The lowest BCUT2D eigenvalue weighted by Gasteiger charge is -2.07. The number of aliphatic hydroxyl groups is 1. The molecular formula is C11H8F3NO3S2. The smallest absolute Gasteiger partial charge is 0.271 e. The molecule has 2 aromatic rings. The maximum absolute atomic E-state index is 13.0. The van der Waals surface area contributed by atoms with Crippen LogP contribution in [0.4, 0.5) is 18.9 Å². The number of sulfonamides is 1. The number of hydrogen-bond acceptors (Lipinski definition) is 4. The van der Waals surface area contributed by atoms with E-state index in [0.717, 1.165) is 11.3 Å². The van der Waals surface area contributed by atoms with Gasteiger partial charge in [0.15, 0.2) is 17.5 Å². The Bertz CT molecular complexity index is 720. The summed E-state index contributed by atoms with van der Waals surface area (Å²) < 4.78 is 64.4. The highest BCUT2D eigenvalue weighted by molar-refractivity contribution is 7.94. The predicted octanol–water partition coefficient (Wildman–Crippen LogP) is 2.46. The third-order valence-electron chi connectivity index (χ3n) is 2.31. The summed E-state index contributed by atoms with van der Waals surface area (Å²) in [6.45, 7) is -0.328. The van der Waals surface area contributed by atoms with E-state index in [0.29, 0.717) is 17.7 Å². The van der Waals surface area contributed by atoms with Crippen molar-refractivity contribution in [1.29, 1.82) is 0 Å². The highest BCUT2D eigenvalue weighted by Crippen LogP contribution is 2.24. The second-order valence-electron chi connectivity index (χ2n) is 3.79. The summed E-state index contributed by atoms with van der Waals surface area (Å²) in [4.78, 5) is 0. The first-order valence-corrected chi connectivity index (χ1v) is 7.55. The van der Waals surface area contributed by atoms with Crippen LogP contribution in [0.3, 0.4) is 0 Å². The first-order chi connectivity index (χ1) is 9.33. The number of nitrogens with one attached hydrogen (secondary N) is 1. The molecule has 0 aliphatic carbocycles. The lowest BCUT2D eigenvalue weighted by molar-refractivity contribution is 0.282. The van der Waals surface area contributed by atoms with E-state index in [1.807, 2.05) is 4.72 Å². The van der Waals surface area contributed by atoms with Gasteiger partial charge in [0, 0.05) is 12.1 Å². The Kier molecular flexibility index (Phi) is 4.02. The van der Waals surface area contributed by atoms with Gasteiger partial charge in [0.1, 0.15) is 4.21 Å². The van der Waals surface area contributed by atoms with Crippen LogP contribution in [0.15, 0.2) is 27.8 Å². The zero-order valence-electron chi connectivity index (χ0n) is 9.73. The van der Waals surface area contributed by atoms with Crippen LogP contribution >= 0.6 is 11.3 Å². The molecule has 1 aromatic carbocycles. The van der Waals surface area contributed by atoms with Crippen molar-refractivity contribution in [2.24, 2.45) is 0 Å². The quantitative estimate of drug-likeness (QED) is 0.850. The van der Waals surface area contributed by atoms with Crippen molar-refractivity contribution in [1.82, 2.24) is 0 Å². The fourth-order valence-electron chi connectivity index (χ4n) is 1.40. The minimum absolute atomic E-state index is 0.133. The zero-order valence-corrected chi connectivity index (χ0v) is 11.4. The standard InChI is InChI=1S/C11H8F3NO3S2/c12-8-2-7(3-9(13)11(8)14)15-20(17,18)10-1-6(4-16)5-19-10/h1-3,5,15-16H,4H2. The van der Waals surface area contributed by atoms with Crippen LogP contribution in [0.1, 0.15) is 5.56 Å². The number of hydrogen-bond donors (Lipinski definition) is 2. The summed E-state index contributed by atoms with van der Waals surface area (Å²) >= 11 is 0.840. The SMILES string of the molecule is O=S(=O)(Nc1cc(F)c(F)c(F)c1)c1cc(CO)cs1. The number of thiophene rings is 1. The second-order valence-corrected chi connectivity index (χ2v) is 6.61. The molecule has 0 fully saturated rings. The molecule has 1 heterocycles. The Morgan fingerprint density at radius 1 is 1.15 bits per heavy atom. The minimum Gasteiger partial charge on any atom is -0.392 e. The lowest BCUT2D eigenvalue weighted by atomic mass is 10.3. The normalized spacial score (nSPS) is 11.6. The van der Waals surface area contributed by atoms with Crippen molar-refractivity contribution in [2.45, 2.75) is 10.8 Å². The van der Waals surface area contributed by atoms with E-state index in [1.165, 1.54) is 11.4 Å². The molecule has 4 nitrogen and oxygen atoms in total. The van der Waals surface area contributed by atoms with Crippen LogP contribution in [0.2, 0.25) is 0 Å². The highest BCUT2D eigenvalue weighted by Gasteiger charge is 2.19. The fourth-order valence-corrected chi connectivity index (χ4v) is 3.64. The molecular weight excluding hydrogens is 315 g/mol. The van der Waals surface area contributed by atoms with Gasteiger partial charge < -0.3 is 5.11 Å². The molecule has 0 saturated heterocycles. The number of aliphatic hydroxyl groups excluding tert-OH is 1. The van der Waals surface area contributed by atoms with Gasteiger partial charge in [0.25, 0.3) is 10.0 Å². The zero-order chi connectivity index (χ0) is 14.9. The third kappa shape index (κ3) is 2.94. The molecule has 9 heteroatoms.